The Morgan fingerprint density at radius 2 is 0.606 bits per heavy atom. The molecule has 0 rings (SSSR count). The van der Waals surface area contributed by atoms with Crippen LogP contribution in [0.5, 0.6) is 0 Å². The number of hydrogen-bond donors (Lipinski definition) is 1. The van der Waals surface area contributed by atoms with E-state index in [4.69, 9.17) is 0 Å². The lowest BCUT2D eigenvalue weighted by molar-refractivity contribution is -0.396. The first-order valence-electron chi connectivity index (χ1n) is 8.32. The molecule has 200 valence electrons. The molecule has 0 unspecified atom stereocenters. The molecule has 0 aliphatic carbocycles. The van der Waals surface area contributed by atoms with Crippen molar-refractivity contribution in [1.29, 1.82) is 0 Å². The summed E-state index contributed by atoms with van der Waals surface area (Å²) in [6.45, 7) is -1.94. The van der Waals surface area contributed by atoms with Gasteiger partial charge in [-0.3, -0.25) is 0 Å². The van der Waals surface area contributed by atoms with E-state index < -0.39 is 86.7 Å². The van der Waals surface area contributed by atoms with Crippen LogP contribution < -0.4 is 5.32 Å². The minimum atomic E-state index is -7.12. The topological polar surface area (TPSA) is 12.0 Å². The Morgan fingerprint density at radius 1 is 0.364 bits per heavy atom. The van der Waals surface area contributed by atoms with E-state index in [-0.39, 0.29) is 0 Å². The van der Waals surface area contributed by atoms with Crippen LogP contribution in [-0.2, 0) is 0 Å². The summed E-state index contributed by atoms with van der Waals surface area (Å²) in [5.74, 6) is -39.8. The van der Waals surface area contributed by atoms with Crippen molar-refractivity contribution in [2.24, 2.45) is 0 Å². The van der Waals surface area contributed by atoms with E-state index in [1.54, 1.807) is 5.32 Å². The van der Waals surface area contributed by atoms with Crippen molar-refractivity contribution >= 4 is 0 Å². The summed E-state index contributed by atoms with van der Waals surface area (Å²) < 4.78 is 227. The van der Waals surface area contributed by atoms with Crippen LogP contribution in [0.1, 0.15) is 25.7 Å². The van der Waals surface area contributed by atoms with Crippen molar-refractivity contribution < 1.29 is 79.0 Å². The fraction of sp³-hybridized carbons (Fsp3) is 1.00. The molecule has 0 spiro atoms. The number of rotatable bonds is 12. The lowest BCUT2D eigenvalue weighted by Gasteiger charge is -2.34. The second-order valence-corrected chi connectivity index (χ2v) is 6.66. The molecule has 0 fully saturated rings. The Hall–Kier alpha value is -1.30. The number of hydrogen-bond acceptors (Lipinski definition) is 1. The van der Waals surface area contributed by atoms with Crippen LogP contribution in [0.15, 0.2) is 0 Å². The van der Waals surface area contributed by atoms with Crippen LogP contribution in [0.3, 0.4) is 0 Å². The molecule has 0 aromatic carbocycles. The summed E-state index contributed by atoms with van der Waals surface area (Å²) in [6, 6.07) is 0. The molecule has 0 saturated heterocycles. The van der Waals surface area contributed by atoms with Gasteiger partial charge in [-0.15, -0.1) is 0 Å². The first-order chi connectivity index (χ1) is 14.2. The Morgan fingerprint density at radius 3 is 0.818 bits per heavy atom. The average molecular weight is 537 g/mol. The van der Waals surface area contributed by atoms with Gasteiger partial charge < -0.3 is 5.32 Å². The molecule has 0 aromatic heterocycles. The molecule has 1 N–H and O–H groups in total. The number of nitrogens with one attached hydrogen (secondary N) is 1. The normalized spacial score (nSPS) is 15.8. The monoisotopic (exact) mass is 537 g/mol. The zero-order valence-electron chi connectivity index (χ0n) is 15.5. The van der Waals surface area contributed by atoms with Gasteiger partial charge in [-0.05, 0) is 25.9 Å². The lowest BCUT2D eigenvalue weighted by Crippen LogP contribution is -2.60. The van der Waals surface area contributed by atoms with Gasteiger partial charge in [-0.2, -0.15) is 79.0 Å². The van der Waals surface area contributed by atoms with Crippen molar-refractivity contribution in [3.8, 4) is 0 Å². The largest absolute Gasteiger partial charge is 0.460 e. The fourth-order valence-corrected chi connectivity index (χ4v) is 2.13. The predicted molar refractivity (Wildman–Crippen MR) is 73.1 cm³/mol. The molecule has 0 aliphatic rings. The van der Waals surface area contributed by atoms with Crippen LogP contribution in [-0.4, -0.2) is 61.0 Å². The SMILES string of the molecule is FC(F)(F)C(F)(F)C(F)(F)C(F)(F)CCCNCCCC(F)(F)C(F)(F)C(F)(F)C(F)(F)F. The molecule has 0 amide bonds. The average Bonchev–Trinajstić information content (AvgIpc) is 2.58. The van der Waals surface area contributed by atoms with E-state index in [9.17, 15) is 79.0 Å². The van der Waals surface area contributed by atoms with E-state index in [0.717, 1.165) is 0 Å². The minimum Gasteiger partial charge on any atom is -0.317 e. The van der Waals surface area contributed by atoms with Gasteiger partial charge in [0, 0.05) is 12.8 Å². The maximum absolute atomic E-state index is 13.2. The van der Waals surface area contributed by atoms with Crippen LogP contribution in [0.4, 0.5) is 79.0 Å². The molecule has 0 radical (unpaired) electrons. The third kappa shape index (κ3) is 6.04. The van der Waals surface area contributed by atoms with E-state index in [2.05, 4.69) is 0 Å². The van der Waals surface area contributed by atoms with Gasteiger partial charge in [0.2, 0.25) is 0 Å². The predicted octanol–water partition coefficient (Wildman–Crippen LogP) is 7.07. The van der Waals surface area contributed by atoms with Crippen LogP contribution in [0.25, 0.3) is 0 Å². The van der Waals surface area contributed by atoms with E-state index in [1.165, 1.54) is 0 Å². The van der Waals surface area contributed by atoms with Gasteiger partial charge in [-0.1, -0.05) is 0 Å². The number of halogens is 18. The first-order valence-corrected chi connectivity index (χ1v) is 8.32. The quantitative estimate of drug-likeness (QED) is 0.208. The molecular weight excluding hydrogens is 524 g/mol. The van der Waals surface area contributed by atoms with Crippen LogP contribution >= 0.6 is 0 Å². The first kappa shape index (κ1) is 31.7. The Labute approximate surface area is 172 Å². The van der Waals surface area contributed by atoms with Gasteiger partial charge >= 0.3 is 47.9 Å². The molecule has 0 bridgehead atoms. The molecule has 0 aromatic rings. The minimum absolute atomic E-state index is 0.968. The second-order valence-electron chi connectivity index (χ2n) is 6.66. The third-order valence-corrected chi connectivity index (χ3v) is 4.11. The van der Waals surface area contributed by atoms with Crippen molar-refractivity contribution in [2.75, 3.05) is 13.1 Å². The van der Waals surface area contributed by atoms with Crippen molar-refractivity contribution in [1.82, 2.24) is 5.32 Å². The molecule has 0 heterocycles. The van der Waals surface area contributed by atoms with Gasteiger partial charge in [0.05, 0.1) is 0 Å². The maximum Gasteiger partial charge on any atom is 0.460 e. The Kier molecular flexibility index (Phi) is 9.02. The molecule has 0 atom stereocenters. The molecule has 0 saturated carbocycles. The van der Waals surface area contributed by atoms with Crippen LogP contribution in [0.2, 0.25) is 0 Å². The highest BCUT2D eigenvalue weighted by Crippen LogP contribution is 2.55. The summed E-state index contributed by atoms with van der Waals surface area (Å²) in [7, 11) is 0. The standard InChI is InChI=1S/C14H13F18N/c15-7(16,9(19,20)11(23,24)13(27,28)29)3-1-5-33-6-2-4-8(17,18)10(21,22)12(25,26)14(30,31)32/h33H,1-6H2. The lowest BCUT2D eigenvalue weighted by atomic mass is 9.99. The summed E-state index contributed by atoms with van der Waals surface area (Å²) in [5.41, 5.74) is 0. The van der Waals surface area contributed by atoms with E-state index in [1.807, 2.05) is 0 Å². The van der Waals surface area contributed by atoms with Gasteiger partial charge in [0.1, 0.15) is 0 Å². The molecule has 33 heavy (non-hydrogen) atoms. The molecular formula is C14H13F18N. The van der Waals surface area contributed by atoms with Crippen molar-refractivity contribution in [3.05, 3.63) is 0 Å². The van der Waals surface area contributed by atoms with Crippen LogP contribution in [0, 0.1) is 0 Å². The highest BCUT2D eigenvalue weighted by Gasteiger charge is 2.82. The zero-order chi connectivity index (χ0) is 26.9. The summed E-state index contributed by atoms with van der Waals surface area (Å²) in [5, 5.41) is 1.80. The zero-order valence-corrected chi connectivity index (χ0v) is 15.5. The van der Waals surface area contributed by atoms with Crippen molar-refractivity contribution in [2.45, 2.75) is 73.6 Å². The van der Waals surface area contributed by atoms with E-state index in [0.29, 0.717) is 0 Å². The maximum atomic E-state index is 13.2. The van der Waals surface area contributed by atoms with E-state index >= 15 is 0 Å². The molecule has 1 nitrogen and oxygen atoms in total. The summed E-state index contributed by atoms with van der Waals surface area (Å²) >= 11 is 0. The van der Waals surface area contributed by atoms with Crippen molar-refractivity contribution in [3.63, 3.8) is 0 Å². The highest BCUT2D eigenvalue weighted by molar-refractivity contribution is 5.01. The Bertz CT molecular complexity index is 577. The fourth-order valence-electron chi connectivity index (χ4n) is 2.13. The van der Waals surface area contributed by atoms with Gasteiger partial charge in [0.25, 0.3) is 0 Å². The smallest absolute Gasteiger partial charge is 0.317 e. The summed E-state index contributed by atoms with van der Waals surface area (Å²) in [6.07, 6.45) is -21.2. The van der Waals surface area contributed by atoms with Gasteiger partial charge in [-0.25, -0.2) is 0 Å². The third-order valence-electron chi connectivity index (χ3n) is 4.11. The second kappa shape index (κ2) is 9.39. The highest BCUT2D eigenvalue weighted by atomic mass is 19.4. The molecule has 19 heteroatoms. The number of alkyl halides is 18. The molecule has 0 aliphatic heterocycles. The summed E-state index contributed by atoms with van der Waals surface area (Å²) in [4.78, 5) is 0. The van der Waals surface area contributed by atoms with Gasteiger partial charge in [0.15, 0.2) is 0 Å². The Balaban J connectivity index is 4.77.